The monoisotopic (exact) mass is 410 g/mol. The molecule has 31 heavy (non-hydrogen) atoms. The number of rotatable bonds is 2. The molecule has 4 amide bonds. The smallest absolute Gasteiger partial charge is 0.273 e. The molecular formula is C25H15FN2O3. The number of benzene rings is 4. The van der Waals surface area contributed by atoms with E-state index in [1.807, 2.05) is 54.6 Å². The second-order valence-corrected chi connectivity index (χ2v) is 7.17. The lowest BCUT2D eigenvalue weighted by atomic mass is 9.94. The maximum absolute atomic E-state index is 13.3. The van der Waals surface area contributed by atoms with Crippen LogP contribution in [0.2, 0.25) is 0 Å². The Balaban J connectivity index is 1.71. The number of imide groups is 2. The van der Waals surface area contributed by atoms with Crippen molar-refractivity contribution in [3.8, 4) is 0 Å². The van der Waals surface area contributed by atoms with E-state index in [0.717, 1.165) is 38.6 Å². The highest BCUT2D eigenvalue weighted by molar-refractivity contribution is 6.39. The van der Waals surface area contributed by atoms with Gasteiger partial charge in [-0.2, -0.15) is 0 Å². The first-order valence-corrected chi connectivity index (χ1v) is 9.60. The molecule has 150 valence electrons. The number of halogens is 1. The Labute approximate surface area is 176 Å². The number of carbonyl (C=O) groups excluding carboxylic acids is 3. The number of carbonyl (C=O) groups is 3. The number of hydrogen-bond acceptors (Lipinski definition) is 3. The van der Waals surface area contributed by atoms with Crippen LogP contribution in [0.4, 0.5) is 14.9 Å². The van der Waals surface area contributed by atoms with Gasteiger partial charge < -0.3 is 0 Å². The summed E-state index contributed by atoms with van der Waals surface area (Å²) in [5.41, 5.74) is 0.705. The summed E-state index contributed by atoms with van der Waals surface area (Å²) < 4.78 is 13.3. The molecule has 1 saturated heterocycles. The average Bonchev–Trinajstić information content (AvgIpc) is 2.77. The van der Waals surface area contributed by atoms with E-state index >= 15 is 0 Å². The van der Waals surface area contributed by atoms with Gasteiger partial charge in [-0.05, 0) is 63.5 Å². The third-order valence-corrected chi connectivity index (χ3v) is 5.29. The van der Waals surface area contributed by atoms with Gasteiger partial charge in [0.1, 0.15) is 11.4 Å². The maximum atomic E-state index is 13.3. The minimum Gasteiger partial charge on any atom is -0.273 e. The lowest BCUT2D eigenvalue weighted by Crippen LogP contribution is -2.54. The first-order valence-electron chi connectivity index (χ1n) is 9.60. The zero-order chi connectivity index (χ0) is 21.5. The highest BCUT2D eigenvalue weighted by Gasteiger charge is 2.37. The third-order valence-electron chi connectivity index (χ3n) is 5.29. The molecule has 0 bridgehead atoms. The van der Waals surface area contributed by atoms with Crippen LogP contribution in [0.15, 0.2) is 84.4 Å². The lowest BCUT2D eigenvalue weighted by Gasteiger charge is -2.26. The van der Waals surface area contributed by atoms with E-state index in [9.17, 15) is 18.8 Å². The molecule has 6 heteroatoms. The van der Waals surface area contributed by atoms with Crippen molar-refractivity contribution < 1.29 is 18.8 Å². The van der Waals surface area contributed by atoms with Crippen molar-refractivity contribution in [2.75, 3.05) is 4.90 Å². The van der Waals surface area contributed by atoms with E-state index in [0.29, 0.717) is 5.56 Å². The molecule has 1 heterocycles. The Morgan fingerprint density at radius 1 is 0.774 bits per heavy atom. The average molecular weight is 410 g/mol. The van der Waals surface area contributed by atoms with Gasteiger partial charge >= 0.3 is 6.03 Å². The topological polar surface area (TPSA) is 66.5 Å². The normalized spacial score (nSPS) is 15.7. The maximum Gasteiger partial charge on any atom is 0.335 e. The SMILES string of the molecule is O=C1NC(=O)N(c2ccc(F)cc2)C(=O)C1=Cc1c2ccccc2cc2ccccc12. The molecule has 0 aliphatic carbocycles. The van der Waals surface area contributed by atoms with E-state index in [1.165, 1.54) is 18.2 Å². The summed E-state index contributed by atoms with van der Waals surface area (Å²) in [6, 6.07) is 21.5. The Kier molecular flexibility index (Phi) is 4.33. The number of urea groups is 1. The first-order chi connectivity index (χ1) is 15.0. The zero-order valence-corrected chi connectivity index (χ0v) is 16.1. The van der Waals surface area contributed by atoms with E-state index in [2.05, 4.69) is 5.32 Å². The largest absolute Gasteiger partial charge is 0.335 e. The molecule has 1 aliphatic heterocycles. The number of anilines is 1. The molecule has 0 unspecified atom stereocenters. The molecule has 5 nitrogen and oxygen atoms in total. The highest BCUT2D eigenvalue weighted by atomic mass is 19.1. The van der Waals surface area contributed by atoms with Gasteiger partial charge in [0, 0.05) is 0 Å². The second-order valence-electron chi connectivity index (χ2n) is 7.17. The van der Waals surface area contributed by atoms with Crippen LogP contribution in [0.25, 0.3) is 27.6 Å². The predicted molar refractivity (Wildman–Crippen MR) is 117 cm³/mol. The fraction of sp³-hybridized carbons (Fsp3) is 0. The van der Waals surface area contributed by atoms with E-state index < -0.39 is 23.7 Å². The standard InChI is InChI=1S/C25H15FN2O3/c26-17-9-11-18(12-10-17)28-24(30)22(23(29)27-25(28)31)14-21-19-7-3-1-5-15(19)13-16-6-2-4-8-20(16)21/h1-14H,(H,27,29,31). The van der Waals surface area contributed by atoms with Crippen LogP contribution in [-0.4, -0.2) is 17.8 Å². The van der Waals surface area contributed by atoms with Crippen molar-refractivity contribution in [3.63, 3.8) is 0 Å². The van der Waals surface area contributed by atoms with Gasteiger partial charge in [0.2, 0.25) is 0 Å². The Morgan fingerprint density at radius 2 is 1.35 bits per heavy atom. The number of hydrogen-bond donors (Lipinski definition) is 1. The van der Waals surface area contributed by atoms with E-state index in [4.69, 9.17) is 0 Å². The molecule has 0 aromatic heterocycles. The van der Waals surface area contributed by atoms with Crippen molar-refractivity contribution in [2.24, 2.45) is 0 Å². The highest BCUT2D eigenvalue weighted by Crippen LogP contribution is 2.31. The van der Waals surface area contributed by atoms with Crippen LogP contribution in [0.5, 0.6) is 0 Å². The van der Waals surface area contributed by atoms with Crippen LogP contribution >= 0.6 is 0 Å². The van der Waals surface area contributed by atoms with Crippen molar-refractivity contribution in [1.82, 2.24) is 5.32 Å². The summed E-state index contributed by atoms with van der Waals surface area (Å²) in [5.74, 6) is -2.04. The van der Waals surface area contributed by atoms with Gasteiger partial charge in [0.15, 0.2) is 0 Å². The molecule has 5 rings (SSSR count). The quantitative estimate of drug-likeness (QED) is 0.293. The fourth-order valence-electron chi connectivity index (χ4n) is 3.83. The first kappa shape index (κ1) is 18.7. The van der Waals surface area contributed by atoms with Gasteiger partial charge in [-0.25, -0.2) is 14.1 Å². The Hall–Kier alpha value is -4.32. The fourth-order valence-corrected chi connectivity index (χ4v) is 3.83. The van der Waals surface area contributed by atoms with Crippen LogP contribution < -0.4 is 10.2 Å². The summed E-state index contributed by atoms with van der Waals surface area (Å²) in [5, 5.41) is 5.88. The van der Waals surface area contributed by atoms with Crippen molar-refractivity contribution in [2.45, 2.75) is 0 Å². The Bertz CT molecular complexity index is 1370. The van der Waals surface area contributed by atoms with Crippen molar-refractivity contribution in [1.29, 1.82) is 0 Å². The van der Waals surface area contributed by atoms with Crippen molar-refractivity contribution >= 4 is 51.2 Å². The third kappa shape index (κ3) is 3.14. The molecule has 1 N–H and O–H groups in total. The van der Waals surface area contributed by atoms with Crippen LogP contribution in [0, 0.1) is 5.82 Å². The predicted octanol–water partition coefficient (Wildman–Crippen LogP) is 4.80. The van der Waals surface area contributed by atoms with Gasteiger partial charge in [0.05, 0.1) is 5.69 Å². The Morgan fingerprint density at radius 3 is 1.97 bits per heavy atom. The van der Waals surface area contributed by atoms with Crippen LogP contribution in [0.1, 0.15) is 5.56 Å². The van der Waals surface area contributed by atoms with Gasteiger partial charge in [-0.3, -0.25) is 14.9 Å². The summed E-state index contributed by atoms with van der Waals surface area (Å²) in [7, 11) is 0. The molecule has 1 fully saturated rings. The molecular weight excluding hydrogens is 395 g/mol. The number of barbiturate groups is 1. The van der Waals surface area contributed by atoms with Crippen molar-refractivity contribution in [3.05, 3.63) is 95.8 Å². The summed E-state index contributed by atoms with van der Waals surface area (Å²) in [4.78, 5) is 39.0. The van der Waals surface area contributed by atoms with Gasteiger partial charge in [-0.15, -0.1) is 0 Å². The number of fused-ring (bicyclic) bond motifs is 2. The summed E-state index contributed by atoms with van der Waals surface area (Å²) in [6.07, 6.45) is 1.52. The number of amides is 4. The molecule has 4 aromatic rings. The summed E-state index contributed by atoms with van der Waals surface area (Å²) in [6.45, 7) is 0. The van der Waals surface area contributed by atoms with Gasteiger partial charge in [0.25, 0.3) is 11.8 Å². The number of nitrogens with one attached hydrogen (secondary N) is 1. The van der Waals surface area contributed by atoms with Gasteiger partial charge in [-0.1, -0.05) is 48.5 Å². The lowest BCUT2D eigenvalue weighted by molar-refractivity contribution is -0.122. The molecule has 4 aromatic carbocycles. The zero-order valence-electron chi connectivity index (χ0n) is 16.1. The number of nitrogens with zero attached hydrogens (tertiary/aromatic N) is 1. The molecule has 0 radical (unpaired) electrons. The molecule has 0 atom stereocenters. The molecule has 0 saturated carbocycles. The van der Waals surface area contributed by atoms with Crippen LogP contribution in [0.3, 0.4) is 0 Å². The summed E-state index contributed by atoms with van der Waals surface area (Å²) >= 11 is 0. The van der Waals surface area contributed by atoms with E-state index in [1.54, 1.807) is 0 Å². The van der Waals surface area contributed by atoms with E-state index in [-0.39, 0.29) is 11.3 Å². The minimum absolute atomic E-state index is 0.171. The minimum atomic E-state index is -0.874. The molecule has 1 aliphatic rings. The second kappa shape index (κ2) is 7.18. The van der Waals surface area contributed by atoms with Crippen LogP contribution in [-0.2, 0) is 9.59 Å². The molecule has 0 spiro atoms.